The Balaban J connectivity index is 1.26. The van der Waals surface area contributed by atoms with Crippen LogP contribution < -0.4 is 10.0 Å². The van der Waals surface area contributed by atoms with Gasteiger partial charge in [-0.1, -0.05) is 44.4 Å². The fraction of sp³-hybridized carbons (Fsp3) is 0.333. The molecule has 0 radical (unpaired) electrons. The maximum Gasteiger partial charge on any atom is 0.261 e. The fourth-order valence-corrected chi connectivity index (χ4v) is 5.32. The van der Waals surface area contributed by atoms with Gasteiger partial charge in [-0.25, -0.2) is 13.1 Å². The summed E-state index contributed by atoms with van der Waals surface area (Å²) in [6, 6.07) is 19.7. The van der Waals surface area contributed by atoms with Gasteiger partial charge in [0.25, 0.3) is 10.0 Å². The van der Waals surface area contributed by atoms with E-state index in [1.54, 1.807) is 59.5 Å². The molecule has 0 aliphatic heterocycles. The number of aliphatic hydroxyl groups is 1. The molecule has 206 valence electrons. The quantitative estimate of drug-likeness (QED) is 0.180. The Morgan fingerprint density at radius 3 is 2.46 bits per heavy atom. The van der Waals surface area contributed by atoms with Crippen molar-refractivity contribution in [3.05, 3.63) is 102 Å². The molecule has 1 unspecified atom stereocenters. The summed E-state index contributed by atoms with van der Waals surface area (Å²) in [5.41, 5.74) is 4.21. The minimum Gasteiger partial charge on any atom is -0.387 e. The number of sulfonamides is 1. The summed E-state index contributed by atoms with van der Waals surface area (Å²) in [5, 5.41) is 18.1. The first-order chi connectivity index (χ1) is 18.9. The van der Waals surface area contributed by atoms with Crippen molar-refractivity contribution in [2.45, 2.75) is 56.4 Å². The summed E-state index contributed by atoms with van der Waals surface area (Å²) in [5.74, 6) is 0. The van der Waals surface area contributed by atoms with Gasteiger partial charge in [0.05, 0.1) is 22.4 Å². The van der Waals surface area contributed by atoms with Gasteiger partial charge < -0.3 is 10.4 Å². The Kier molecular flexibility index (Phi) is 10.2. The van der Waals surface area contributed by atoms with E-state index in [-0.39, 0.29) is 4.90 Å². The van der Waals surface area contributed by atoms with Gasteiger partial charge in [0.15, 0.2) is 0 Å². The van der Waals surface area contributed by atoms with Gasteiger partial charge in [-0.3, -0.25) is 9.71 Å². The highest BCUT2D eigenvalue weighted by molar-refractivity contribution is 7.92. The molecule has 2 aromatic heterocycles. The Morgan fingerprint density at radius 1 is 0.949 bits per heavy atom. The highest BCUT2D eigenvalue weighted by atomic mass is 32.2. The van der Waals surface area contributed by atoms with Crippen LogP contribution in [0.15, 0.2) is 90.2 Å². The zero-order valence-corrected chi connectivity index (χ0v) is 23.1. The predicted molar refractivity (Wildman–Crippen MR) is 154 cm³/mol. The summed E-state index contributed by atoms with van der Waals surface area (Å²) < 4.78 is 30.3. The van der Waals surface area contributed by atoms with Crippen LogP contribution in [-0.2, 0) is 22.9 Å². The molecular formula is C30H37N5O3S. The molecule has 3 N–H and O–H groups in total. The lowest BCUT2D eigenvalue weighted by Gasteiger charge is -2.12. The molecule has 2 heterocycles. The highest BCUT2D eigenvalue weighted by Gasteiger charge is 2.15. The number of pyridine rings is 1. The number of hydrogen-bond donors (Lipinski definition) is 3. The summed E-state index contributed by atoms with van der Waals surface area (Å²) in [6.07, 6.45) is 11.1. The molecule has 2 aromatic carbocycles. The van der Waals surface area contributed by atoms with Crippen LogP contribution in [0.3, 0.4) is 0 Å². The van der Waals surface area contributed by atoms with Crippen molar-refractivity contribution in [3.8, 4) is 5.69 Å². The second kappa shape index (κ2) is 14.0. The van der Waals surface area contributed by atoms with Crippen LogP contribution in [0, 0.1) is 0 Å². The largest absolute Gasteiger partial charge is 0.387 e. The lowest BCUT2D eigenvalue weighted by molar-refractivity contribution is 0.174. The van der Waals surface area contributed by atoms with Crippen LogP contribution in [0.25, 0.3) is 5.69 Å². The molecule has 0 bridgehead atoms. The topological polar surface area (TPSA) is 109 Å². The Bertz CT molecular complexity index is 1390. The minimum atomic E-state index is -3.72. The molecule has 4 aromatic rings. The van der Waals surface area contributed by atoms with E-state index in [0.717, 1.165) is 41.8 Å². The summed E-state index contributed by atoms with van der Waals surface area (Å²) in [6.45, 7) is 3.32. The third kappa shape index (κ3) is 8.48. The summed E-state index contributed by atoms with van der Waals surface area (Å²) >= 11 is 0. The summed E-state index contributed by atoms with van der Waals surface area (Å²) in [7, 11) is -3.72. The van der Waals surface area contributed by atoms with Crippen molar-refractivity contribution < 1.29 is 13.5 Å². The van der Waals surface area contributed by atoms with Gasteiger partial charge >= 0.3 is 0 Å². The van der Waals surface area contributed by atoms with E-state index in [0.29, 0.717) is 18.8 Å². The molecule has 0 aliphatic rings. The van der Waals surface area contributed by atoms with Crippen molar-refractivity contribution in [2.75, 3.05) is 17.8 Å². The van der Waals surface area contributed by atoms with E-state index < -0.39 is 16.1 Å². The number of hydrogen-bond acceptors (Lipinski definition) is 6. The Hall–Kier alpha value is -3.53. The molecule has 0 aliphatic carbocycles. The normalized spacial score (nSPS) is 12.4. The number of nitrogens with zero attached hydrogens (tertiary/aromatic N) is 3. The maximum absolute atomic E-state index is 12.9. The van der Waals surface area contributed by atoms with E-state index in [2.05, 4.69) is 27.0 Å². The lowest BCUT2D eigenvalue weighted by Crippen LogP contribution is -2.23. The van der Waals surface area contributed by atoms with Crippen molar-refractivity contribution in [1.29, 1.82) is 0 Å². The third-order valence-electron chi connectivity index (χ3n) is 6.55. The summed E-state index contributed by atoms with van der Waals surface area (Å²) in [4.78, 5) is 4.22. The van der Waals surface area contributed by atoms with Crippen LogP contribution >= 0.6 is 0 Å². The van der Waals surface area contributed by atoms with Gasteiger partial charge in [-0.05, 0) is 79.9 Å². The molecule has 39 heavy (non-hydrogen) atoms. The zero-order chi connectivity index (χ0) is 27.5. The number of rotatable bonds is 15. The Labute approximate surface area is 231 Å². The number of anilines is 1. The minimum absolute atomic E-state index is 0.193. The van der Waals surface area contributed by atoms with E-state index in [9.17, 15) is 13.5 Å². The van der Waals surface area contributed by atoms with Crippen molar-refractivity contribution in [3.63, 3.8) is 0 Å². The first-order valence-corrected chi connectivity index (χ1v) is 15.0. The van der Waals surface area contributed by atoms with Gasteiger partial charge in [0, 0.05) is 36.4 Å². The molecule has 0 amide bonds. The number of nitrogens with one attached hydrogen (secondary N) is 2. The molecule has 9 heteroatoms. The SMILES string of the molecule is CCCCCCc1ccn(-c2ccc(S(=O)(=O)Nc3ccc(CCNCC(O)c4cccnc4)cc3)cc2)n1. The number of aromatic nitrogens is 3. The zero-order valence-electron chi connectivity index (χ0n) is 22.3. The first-order valence-electron chi connectivity index (χ1n) is 13.5. The lowest BCUT2D eigenvalue weighted by atomic mass is 10.1. The van der Waals surface area contributed by atoms with Gasteiger partial charge in [-0.2, -0.15) is 5.10 Å². The average Bonchev–Trinajstić information content (AvgIpc) is 3.44. The maximum atomic E-state index is 12.9. The van der Waals surface area contributed by atoms with Crippen molar-refractivity contribution in [2.24, 2.45) is 0 Å². The fourth-order valence-electron chi connectivity index (χ4n) is 4.27. The number of aliphatic hydroxyl groups excluding tert-OH is 1. The van der Waals surface area contributed by atoms with Crippen LogP contribution in [0.4, 0.5) is 5.69 Å². The van der Waals surface area contributed by atoms with E-state index in [1.165, 1.54) is 19.3 Å². The average molecular weight is 548 g/mol. The monoisotopic (exact) mass is 547 g/mol. The molecule has 8 nitrogen and oxygen atoms in total. The second-order valence-corrected chi connectivity index (χ2v) is 11.3. The smallest absolute Gasteiger partial charge is 0.261 e. The molecule has 1 atom stereocenters. The third-order valence-corrected chi connectivity index (χ3v) is 7.94. The van der Waals surface area contributed by atoms with Crippen LogP contribution in [0.2, 0.25) is 0 Å². The van der Waals surface area contributed by atoms with Crippen LogP contribution in [0.5, 0.6) is 0 Å². The highest BCUT2D eigenvalue weighted by Crippen LogP contribution is 2.19. The molecule has 0 spiro atoms. The van der Waals surface area contributed by atoms with Gasteiger partial charge in [-0.15, -0.1) is 0 Å². The first kappa shape index (κ1) is 28.5. The number of benzene rings is 2. The molecule has 0 saturated heterocycles. The van der Waals surface area contributed by atoms with Crippen molar-refractivity contribution >= 4 is 15.7 Å². The van der Waals surface area contributed by atoms with E-state index in [1.807, 2.05) is 30.5 Å². The standard InChI is InChI=1S/C30H37N5O3S/c1-2-3-4-5-8-26-18-21-35(33-26)28-13-15-29(16-14-28)39(37,38)34-27-11-9-24(10-12-27)17-20-32-23-30(36)25-7-6-19-31-22-25/h6-7,9-16,18-19,21-22,30,32,34,36H,2-5,8,17,20,23H2,1H3. The van der Waals surface area contributed by atoms with Gasteiger partial charge in [0.2, 0.25) is 0 Å². The second-order valence-electron chi connectivity index (χ2n) is 9.61. The van der Waals surface area contributed by atoms with E-state index in [4.69, 9.17) is 0 Å². The van der Waals surface area contributed by atoms with Crippen molar-refractivity contribution in [1.82, 2.24) is 20.1 Å². The van der Waals surface area contributed by atoms with E-state index >= 15 is 0 Å². The number of unbranched alkanes of at least 4 members (excludes halogenated alkanes) is 3. The molecule has 4 rings (SSSR count). The van der Waals surface area contributed by atoms with Crippen LogP contribution in [0.1, 0.15) is 55.5 Å². The number of aryl methyl sites for hydroxylation is 1. The molecule has 0 fully saturated rings. The predicted octanol–water partition coefficient (Wildman–Crippen LogP) is 5.06. The van der Waals surface area contributed by atoms with Crippen LogP contribution in [-0.4, -0.2) is 41.4 Å². The molecule has 0 saturated carbocycles. The van der Waals surface area contributed by atoms with Gasteiger partial charge in [0.1, 0.15) is 0 Å². The molecular weight excluding hydrogens is 510 g/mol. The Morgan fingerprint density at radius 2 is 1.74 bits per heavy atom.